The normalized spacial score (nSPS) is 12.6. The van der Waals surface area contributed by atoms with Gasteiger partial charge in [-0.1, -0.05) is 0 Å². The van der Waals surface area contributed by atoms with Crippen molar-refractivity contribution in [3.63, 3.8) is 0 Å². The molecule has 0 fully saturated rings. The van der Waals surface area contributed by atoms with Crippen LogP contribution in [0.15, 0.2) is 18.2 Å². The van der Waals surface area contributed by atoms with Gasteiger partial charge in [0, 0.05) is 0 Å². The van der Waals surface area contributed by atoms with Crippen LogP contribution in [0.3, 0.4) is 0 Å². The van der Waals surface area contributed by atoms with Gasteiger partial charge in [-0.3, -0.25) is 9.89 Å². The molecule has 2 heterocycles. The summed E-state index contributed by atoms with van der Waals surface area (Å²) in [5.74, 6) is -1.43. The first-order valence-corrected chi connectivity index (χ1v) is 6.06. The van der Waals surface area contributed by atoms with E-state index < -0.39 is 18.0 Å². The Hall–Kier alpha value is -3.10. The molecule has 0 bridgehead atoms. The summed E-state index contributed by atoms with van der Waals surface area (Å²) >= 11 is 0. The zero-order valence-electron chi connectivity index (χ0n) is 10.9. The number of carboxylic acids is 2. The number of nitrogens with zero attached hydrogens (tertiary/aromatic N) is 3. The SMILES string of the molecule is CC(Nc1nc2nc3cc(C(=O)O)ccc3n2[nH]1)C(=O)O. The molecule has 108 valence electrons. The van der Waals surface area contributed by atoms with Gasteiger partial charge >= 0.3 is 11.9 Å². The van der Waals surface area contributed by atoms with E-state index >= 15 is 0 Å². The summed E-state index contributed by atoms with van der Waals surface area (Å²) in [5, 5.41) is 23.3. The molecule has 3 rings (SSSR count). The van der Waals surface area contributed by atoms with Crippen molar-refractivity contribution in [2.45, 2.75) is 13.0 Å². The van der Waals surface area contributed by atoms with Crippen molar-refractivity contribution < 1.29 is 19.8 Å². The number of fused-ring (bicyclic) bond motifs is 3. The fraction of sp³-hybridized carbons (Fsp3) is 0.167. The highest BCUT2D eigenvalue weighted by atomic mass is 16.4. The summed E-state index contributed by atoms with van der Waals surface area (Å²) in [7, 11) is 0. The van der Waals surface area contributed by atoms with E-state index in [1.165, 1.54) is 19.1 Å². The Balaban J connectivity index is 2.03. The number of aromatic carboxylic acids is 1. The van der Waals surface area contributed by atoms with Gasteiger partial charge in [-0.2, -0.15) is 4.98 Å². The highest BCUT2D eigenvalue weighted by Crippen LogP contribution is 2.18. The second-order valence-corrected chi connectivity index (χ2v) is 4.53. The average molecular weight is 289 g/mol. The number of hydrogen-bond donors (Lipinski definition) is 4. The number of imidazole rings is 1. The van der Waals surface area contributed by atoms with Gasteiger partial charge in [-0.05, 0) is 25.1 Å². The number of aliphatic carboxylic acids is 1. The van der Waals surface area contributed by atoms with Gasteiger partial charge < -0.3 is 15.5 Å². The summed E-state index contributed by atoms with van der Waals surface area (Å²) in [5.41, 5.74) is 1.28. The molecule has 9 heteroatoms. The van der Waals surface area contributed by atoms with Crippen LogP contribution in [0.25, 0.3) is 16.8 Å². The molecule has 3 aromatic rings. The van der Waals surface area contributed by atoms with Gasteiger partial charge in [0.25, 0.3) is 5.78 Å². The Bertz CT molecular complexity index is 865. The molecule has 0 saturated carbocycles. The van der Waals surface area contributed by atoms with E-state index in [4.69, 9.17) is 10.2 Å². The molecular formula is C12H11N5O4. The van der Waals surface area contributed by atoms with E-state index in [1.807, 2.05) is 0 Å². The van der Waals surface area contributed by atoms with Gasteiger partial charge in [-0.25, -0.2) is 14.3 Å². The van der Waals surface area contributed by atoms with Crippen LogP contribution in [0.4, 0.5) is 5.95 Å². The molecule has 1 atom stereocenters. The van der Waals surface area contributed by atoms with Crippen molar-refractivity contribution in [1.82, 2.24) is 19.6 Å². The summed E-state index contributed by atoms with van der Waals surface area (Å²) in [6, 6.07) is 3.73. The molecule has 0 aliphatic carbocycles. The number of carboxylic acid groups (broad SMARTS) is 2. The third-order valence-corrected chi connectivity index (χ3v) is 3.04. The molecule has 0 aliphatic rings. The van der Waals surface area contributed by atoms with Crippen LogP contribution >= 0.6 is 0 Å². The van der Waals surface area contributed by atoms with E-state index in [0.717, 1.165) is 0 Å². The van der Waals surface area contributed by atoms with Crippen molar-refractivity contribution in [2.24, 2.45) is 0 Å². The van der Waals surface area contributed by atoms with Crippen LogP contribution in [0.2, 0.25) is 0 Å². The first-order valence-electron chi connectivity index (χ1n) is 6.06. The van der Waals surface area contributed by atoms with Crippen LogP contribution in [0.1, 0.15) is 17.3 Å². The minimum absolute atomic E-state index is 0.140. The van der Waals surface area contributed by atoms with Gasteiger partial charge in [0.2, 0.25) is 5.95 Å². The summed E-state index contributed by atoms with van der Waals surface area (Å²) < 4.78 is 1.55. The van der Waals surface area contributed by atoms with Gasteiger partial charge in [0.1, 0.15) is 6.04 Å². The first-order chi connectivity index (χ1) is 9.95. The molecule has 0 aliphatic heterocycles. The molecule has 9 nitrogen and oxygen atoms in total. The van der Waals surface area contributed by atoms with Crippen molar-refractivity contribution >= 4 is 34.7 Å². The lowest BCUT2D eigenvalue weighted by Crippen LogP contribution is -2.26. The Morgan fingerprint density at radius 1 is 1.33 bits per heavy atom. The molecular weight excluding hydrogens is 278 g/mol. The minimum atomic E-state index is -1.03. The van der Waals surface area contributed by atoms with E-state index in [-0.39, 0.29) is 11.5 Å². The van der Waals surface area contributed by atoms with Gasteiger partial charge in [0.05, 0.1) is 16.6 Å². The molecule has 0 spiro atoms. The monoisotopic (exact) mass is 289 g/mol. The molecule has 0 saturated heterocycles. The Morgan fingerprint density at radius 2 is 2.10 bits per heavy atom. The number of hydrogen-bond acceptors (Lipinski definition) is 5. The van der Waals surface area contributed by atoms with Crippen molar-refractivity contribution in [3.8, 4) is 0 Å². The second-order valence-electron chi connectivity index (χ2n) is 4.53. The average Bonchev–Trinajstić information content (AvgIpc) is 2.94. The fourth-order valence-corrected chi connectivity index (χ4v) is 1.95. The van der Waals surface area contributed by atoms with Gasteiger partial charge in [0.15, 0.2) is 0 Å². The number of benzene rings is 1. The highest BCUT2D eigenvalue weighted by Gasteiger charge is 2.15. The predicted octanol–water partition coefficient (Wildman–Crippen LogP) is 0.794. The number of anilines is 1. The quantitative estimate of drug-likeness (QED) is 0.558. The van der Waals surface area contributed by atoms with Crippen LogP contribution in [-0.2, 0) is 4.79 Å². The zero-order chi connectivity index (χ0) is 15.1. The summed E-state index contributed by atoms with van der Waals surface area (Å²) in [6.07, 6.45) is 0. The van der Waals surface area contributed by atoms with Crippen LogP contribution in [-0.4, -0.2) is 47.8 Å². The Morgan fingerprint density at radius 3 is 2.76 bits per heavy atom. The van der Waals surface area contributed by atoms with Crippen LogP contribution in [0, 0.1) is 0 Å². The maximum Gasteiger partial charge on any atom is 0.335 e. The molecule has 0 radical (unpaired) electrons. The second kappa shape index (κ2) is 4.47. The van der Waals surface area contributed by atoms with Crippen LogP contribution in [0.5, 0.6) is 0 Å². The van der Waals surface area contributed by atoms with Gasteiger partial charge in [-0.15, -0.1) is 0 Å². The molecule has 1 unspecified atom stereocenters. The van der Waals surface area contributed by atoms with Crippen molar-refractivity contribution in [2.75, 3.05) is 5.32 Å². The molecule has 2 aromatic heterocycles. The Kier molecular flexibility index (Phi) is 2.75. The lowest BCUT2D eigenvalue weighted by Gasteiger charge is -2.06. The third-order valence-electron chi connectivity index (χ3n) is 3.04. The maximum atomic E-state index is 10.9. The minimum Gasteiger partial charge on any atom is -0.480 e. The van der Waals surface area contributed by atoms with E-state index in [2.05, 4.69) is 20.4 Å². The van der Waals surface area contributed by atoms with E-state index in [1.54, 1.807) is 10.6 Å². The topological polar surface area (TPSA) is 133 Å². The molecule has 4 N–H and O–H groups in total. The first kappa shape index (κ1) is 12.9. The zero-order valence-corrected chi connectivity index (χ0v) is 10.9. The number of aromatic nitrogens is 4. The number of rotatable bonds is 4. The van der Waals surface area contributed by atoms with Crippen molar-refractivity contribution in [3.05, 3.63) is 23.8 Å². The maximum absolute atomic E-state index is 10.9. The molecule has 1 aromatic carbocycles. The summed E-state index contributed by atoms with van der Waals surface area (Å²) in [4.78, 5) is 30.0. The lowest BCUT2D eigenvalue weighted by atomic mass is 10.2. The largest absolute Gasteiger partial charge is 0.480 e. The van der Waals surface area contributed by atoms with E-state index in [0.29, 0.717) is 16.8 Å². The summed E-state index contributed by atoms with van der Waals surface area (Å²) in [6.45, 7) is 1.49. The smallest absolute Gasteiger partial charge is 0.335 e. The molecule has 0 amide bonds. The van der Waals surface area contributed by atoms with Crippen molar-refractivity contribution in [1.29, 1.82) is 0 Å². The standard InChI is InChI=1S/C12H11N5O4/c1-5(9(18)19)13-11-15-12-14-7-4-6(10(20)21)2-3-8(7)17(12)16-11/h2-5H,1H3,(H,18,19)(H,20,21)(H2,13,14,15,16). The Labute approximate surface area is 117 Å². The number of H-pyrrole nitrogens is 1. The lowest BCUT2D eigenvalue weighted by molar-refractivity contribution is -0.137. The fourth-order valence-electron chi connectivity index (χ4n) is 1.95. The number of aromatic amines is 1. The molecule has 21 heavy (non-hydrogen) atoms. The number of nitrogens with one attached hydrogen (secondary N) is 2. The van der Waals surface area contributed by atoms with Crippen LogP contribution < -0.4 is 5.32 Å². The number of carbonyl (C=O) groups is 2. The van der Waals surface area contributed by atoms with E-state index in [9.17, 15) is 9.59 Å². The third kappa shape index (κ3) is 2.14. The highest BCUT2D eigenvalue weighted by molar-refractivity contribution is 5.93. The predicted molar refractivity (Wildman–Crippen MR) is 72.5 cm³/mol.